The predicted octanol–water partition coefficient (Wildman–Crippen LogP) is 2.94. The van der Waals surface area contributed by atoms with Crippen LogP contribution in [0.3, 0.4) is 0 Å². The highest BCUT2D eigenvalue weighted by Gasteiger charge is 2.37. The van der Waals surface area contributed by atoms with Gasteiger partial charge in [0.05, 0.1) is 13.1 Å². The first kappa shape index (κ1) is 19.3. The lowest BCUT2D eigenvalue weighted by Crippen LogP contribution is -2.56. The molecule has 8 heteroatoms. The van der Waals surface area contributed by atoms with E-state index in [4.69, 9.17) is 0 Å². The number of carbonyl (C=O) groups excluding carboxylic acids is 3. The number of hydrogen-bond donors (Lipinski definition) is 1. The molecule has 3 aliphatic rings. The summed E-state index contributed by atoms with van der Waals surface area (Å²) in [5.41, 5.74) is 4.24. The van der Waals surface area contributed by atoms with Crippen LogP contribution in [-0.4, -0.2) is 52.4 Å². The average Bonchev–Trinajstić information content (AvgIpc) is 3.37. The molecule has 0 saturated carbocycles. The van der Waals surface area contributed by atoms with Gasteiger partial charge in [-0.05, 0) is 71.4 Å². The third kappa shape index (κ3) is 3.61. The molecule has 0 atom stereocenters. The number of nitrogens with zero attached hydrogens (tertiary/aromatic N) is 3. The van der Waals surface area contributed by atoms with Gasteiger partial charge in [0, 0.05) is 18.5 Å². The van der Waals surface area contributed by atoms with Crippen molar-refractivity contribution in [2.45, 2.75) is 38.3 Å². The van der Waals surface area contributed by atoms with Crippen molar-refractivity contribution in [3.8, 4) is 0 Å². The van der Waals surface area contributed by atoms with E-state index in [0.717, 1.165) is 25.2 Å². The van der Waals surface area contributed by atoms with Crippen LogP contribution >= 0.6 is 11.3 Å². The van der Waals surface area contributed by atoms with E-state index in [1.165, 1.54) is 34.0 Å². The summed E-state index contributed by atoms with van der Waals surface area (Å²) >= 11 is 1.77. The first-order valence-electron chi connectivity index (χ1n) is 10.4. The van der Waals surface area contributed by atoms with Gasteiger partial charge >= 0.3 is 6.03 Å². The number of likely N-dealkylation sites (tertiary alicyclic amines) is 1. The number of imide groups is 1. The molecule has 1 aromatic carbocycles. The Balaban J connectivity index is 1.23. The lowest BCUT2D eigenvalue weighted by molar-refractivity contribution is -0.123. The van der Waals surface area contributed by atoms with Crippen molar-refractivity contribution in [2.75, 3.05) is 19.6 Å². The van der Waals surface area contributed by atoms with Crippen molar-refractivity contribution in [3.05, 3.63) is 57.3 Å². The minimum atomic E-state index is -0.527. The molecular weight excluding hydrogens is 400 g/mol. The maximum atomic E-state index is 12.8. The lowest BCUT2D eigenvalue weighted by atomic mass is 9.91. The zero-order valence-electron chi connectivity index (χ0n) is 16.7. The van der Waals surface area contributed by atoms with Crippen LogP contribution < -0.4 is 5.32 Å². The summed E-state index contributed by atoms with van der Waals surface area (Å²) in [5.74, 6) is 0.185. The smallest absolute Gasteiger partial charge is 0.299 e. The summed E-state index contributed by atoms with van der Waals surface area (Å²) in [7, 11) is 0. The normalized spacial score (nSPS) is 20.6. The van der Waals surface area contributed by atoms with Crippen LogP contribution in [0.25, 0.3) is 0 Å². The summed E-state index contributed by atoms with van der Waals surface area (Å²) in [6.07, 6.45) is 2.56. The summed E-state index contributed by atoms with van der Waals surface area (Å²) in [6, 6.07) is 7.70. The van der Waals surface area contributed by atoms with Gasteiger partial charge in [-0.3, -0.25) is 19.8 Å². The summed E-state index contributed by atoms with van der Waals surface area (Å²) < 4.78 is 0. The van der Waals surface area contributed by atoms with Crippen molar-refractivity contribution >= 4 is 29.2 Å². The van der Waals surface area contributed by atoms with Crippen LogP contribution in [0.4, 0.5) is 4.79 Å². The van der Waals surface area contributed by atoms with E-state index in [-0.39, 0.29) is 24.8 Å². The van der Waals surface area contributed by atoms with Crippen LogP contribution in [0.5, 0.6) is 0 Å². The number of thiophene rings is 1. The van der Waals surface area contributed by atoms with Gasteiger partial charge in [0.1, 0.15) is 0 Å². The predicted molar refractivity (Wildman–Crippen MR) is 113 cm³/mol. The van der Waals surface area contributed by atoms with Crippen molar-refractivity contribution in [1.82, 2.24) is 20.2 Å². The molecule has 30 heavy (non-hydrogen) atoms. The molecule has 1 aromatic heterocycles. The highest BCUT2D eigenvalue weighted by atomic mass is 32.1. The zero-order valence-corrected chi connectivity index (χ0v) is 17.5. The number of fused-ring (bicyclic) bond motifs is 1. The second-order valence-corrected chi connectivity index (χ2v) is 8.97. The van der Waals surface area contributed by atoms with Crippen LogP contribution in [0.1, 0.15) is 52.2 Å². The fourth-order valence-electron chi connectivity index (χ4n) is 4.63. The molecule has 0 aliphatic carbocycles. The number of rotatable bonds is 4. The van der Waals surface area contributed by atoms with E-state index in [9.17, 15) is 14.4 Å². The van der Waals surface area contributed by atoms with Gasteiger partial charge in [0.2, 0.25) is 5.91 Å². The molecule has 2 fully saturated rings. The van der Waals surface area contributed by atoms with Crippen molar-refractivity contribution < 1.29 is 14.4 Å². The molecule has 0 bridgehead atoms. The van der Waals surface area contributed by atoms with Crippen molar-refractivity contribution in [2.24, 2.45) is 0 Å². The molecule has 2 saturated heterocycles. The highest BCUT2D eigenvalue weighted by Crippen LogP contribution is 2.31. The number of hydrazine groups is 1. The molecular formula is C22H24N4O3S. The Morgan fingerprint density at radius 2 is 1.87 bits per heavy atom. The summed E-state index contributed by atoms with van der Waals surface area (Å²) in [4.78, 5) is 38.8. The van der Waals surface area contributed by atoms with Gasteiger partial charge in [-0.1, -0.05) is 12.1 Å². The molecule has 1 N–H and O–H groups in total. The Kier molecular flexibility index (Phi) is 5.04. The fourth-order valence-corrected chi connectivity index (χ4v) is 5.37. The number of carbonyl (C=O) groups is 3. The second kappa shape index (κ2) is 7.85. The summed E-state index contributed by atoms with van der Waals surface area (Å²) in [6.45, 7) is 3.62. The Morgan fingerprint density at radius 3 is 2.60 bits per heavy atom. The Bertz CT molecular complexity index is 982. The molecule has 0 radical (unpaired) electrons. The van der Waals surface area contributed by atoms with Gasteiger partial charge < -0.3 is 0 Å². The SMILES string of the molecule is O=C1CCN(N2Cc3cc(CN4CCC(c5ccsc5)CC4)ccc3C2=O)C(=O)N1. The van der Waals surface area contributed by atoms with E-state index in [1.54, 1.807) is 11.3 Å². The lowest BCUT2D eigenvalue weighted by Gasteiger charge is -2.33. The molecule has 156 valence electrons. The highest BCUT2D eigenvalue weighted by molar-refractivity contribution is 7.08. The number of urea groups is 1. The van der Waals surface area contributed by atoms with Gasteiger partial charge in [-0.15, -0.1) is 0 Å². The van der Waals surface area contributed by atoms with E-state index >= 15 is 0 Å². The molecule has 4 heterocycles. The van der Waals surface area contributed by atoms with E-state index < -0.39 is 6.03 Å². The molecule has 7 nitrogen and oxygen atoms in total. The summed E-state index contributed by atoms with van der Waals surface area (Å²) in [5, 5.41) is 9.49. The number of piperidine rings is 1. The quantitative estimate of drug-likeness (QED) is 0.819. The minimum absolute atomic E-state index is 0.183. The van der Waals surface area contributed by atoms with Crippen molar-refractivity contribution in [1.29, 1.82) is 0 Å². The molecule has 5 rings (SSSR count). The van der Waals surface area contributed by atoms with Crippen LogP contribution in [-0.2, 0) is 17.9 Å². The Labute approximate surface area is 179 Å². The first-order chi connectivity index (χ1) is 14.6. The van der Waals surface area contributed by atoms with E-state index in [1.807, 2.05) is 12.1 Å². The largest absolute Gasteiger partial charge is 0.342 e. The third-order valence-corrected chi connectivity index (χ3v) is 6.99. The number of nitrogens with one attached hydrogen (secondary N) is 1. The standard InChI is InChI=1S/C22H24N4O3S/c27-20-5-9-25(22(29)23-20)26-13-18-11-15(1-2-19(18)21(26)28)12-24-7-3-16(4-8-24)17-6-10-30-14-17/h1-2,6,10-11,14,16H,3-5,7-9,12-13H2,(H,23,27,29). The topological polar surface area (TPSA) is 73.0 Å². The molecule has 0 spiro atoms. The number of benzene rings is 1. The van der Waals surface area contributed by atoms with E-state index in [0.29, 0.717) is 18.0 Å². The molecule has 3 aliphatic heterocycles. The number of amides is 4. The van der Waals surface area contributed by atoms with Gasteiger partial charge in [0.15, 0.2) is 0 Å². The van der Waals surface area contributed by atoms with Crippen LogP contribution in [0, 0.1) is 0 Å². The fraction of sp³-hybridized carbons (Fsp3) is 0.409. The minimum Gasteiger partial charge on any atom is -0.299 e. The average molecular weight is 425 g/mol. The zero-order chi connectivity index (χ0) is 20.7. The molecule has 4 amide bonds. The maximum absolute atomic E-state index is 12.8. The van der Waals surface area contributed by atoms with Gasteiger partial charge in [-0.2, -0.15) is 11.3 Å². The number of hydrogen-bond acceptors (Lipinski definition) is 5. The van der Waals surface area contributed by atoms with Crippen LogP contribution in [0.2, 0.25) is 0 Å². The second-order valence-electron chi connectivity index (χ2n) is 8.19. The van der Waals surface area contributed by atoms with Crippen molar-refractivity contribution in [3.63, 3.8) is 0 Å². The van der Waals surface area contributed by atoms with Gasteiger partial charge in [-0.25, -0.2) is 14.8 Å². The first-order valence-corrected chi connectivity index (χ1v) is 11.3. The Hall–Kier alpha value is -2.71. The Morgan fingerprint density at radius 1 is 1.03 bits per heavy atom. The van der Waals surface area contributed by atoms with E-state index in [2.05, 4.69) is 33.1 Å². The van der Waals surface area contributed by atoms with Crippen LogP contribution in [0.15, 0.2) is 35.0 Å². The maximum Gasteiger partial charge on any atom is 0.342 e. The third-order valence-electron chi connectivity index (χ3n) is 6.29. The van der Waals surface area contributed by atoms with Gasteiger partial charge in [0.25, 0.3) is 5.91 Å². The monoisotopic (exact) mass is 424 g/mol. The molecule has 2 aromatic rings. The molecule has 0 unspecified atom stereocenters.